The van der Waals surface area contributed by atoms with E-state index in [0.29, 0.717) is 17.1 Å². The summed E-state index contributed by atoms with van der Waals surface area (Å²) in [6.07, 6.45) is 7.08. The third kappa shape index (κ3) is 2.02. The maximum absolute atomic E-state index is 12.2. The largest absolute Gasteiger partial charge is 0.459 e. The molecule has 1 heterocycles. The highest BCUT2D eigenvalue weighted by atomic mass is 16.6. The first-order chi connectivity index (χ1) is 10.1. The molecule has 0 aromatic heterocycles. The fourth-order valence-electron chi connectivity index (χ4n) is 4.51. The van der Waals surface area contributed by atoms with Gasteiger partial charge in [0.2, 0.25) is 0 Å². The third-order valence-electron chi connectivity index (χ3n) is 5.86. The van der Waals surface area contributed by atoms with Crippen LogP contribution in [0.15, 0.2) is 30.3 Å². The number of rotatable bonds is 2. The molecular weight excluding hydrogens is 264 g/mol. The van der Waals surface area contributed by atoms with E-state index in [-0.39, 0.29) is 17.7 Å². The van der Waals surface area contributed by atoms with Crippen molar-refractivity contribution in [2.45, 2.75) is 63.3 Å². The fraction of sp³-hybridized carbons (Fsp3) is 0.611. The number of hydrogen-bond donors (Lipinski definition) is 0. The molecule has 2 aliphatic carbocycles. The van der Waals surface area contributed by atoms with Crippen LogP contribution in [-0.4, -0.2) is 23.8 Å². The lowest BCUT2D eigenvalue weighted by molar-refractivity contribution is -0.0331. The molecule has 4 rings (SSSR count). The van der Waals surface area contributed by atoms with Gasteiger partial charge in [0.1, 0.15) is 11.7 Å². The highest BCUT2D eigenvalue weighted by Crippen LogP contribution is 2.64. The van der Waals surface area contributed by atoms with E-state index in [9.17, 15) is 4.79 Å². The zero-order valence-electron chi connectivity index (χ0n) is 12.5. The minimum atomic E-state index is -0.200. The lowest BCUT2D eigenvalue weighted by Crippen LogP contribution is -2.48. The first-order valence-corrected chi connectivity index (χ1v) is 8.07. The van der Waals surface area contributed by atoms with Gasteiger partial charge in [-0.3, -0.25) is 0 Å². The van der Waals surface area contributed by atoms with Crippen molar-refractivity contribution >= 4 is 5.97 Å². The lowest BCUT2D eigenvalue weighted by atomic mass is 9.59. The molecule has 2 saturated carbocycles. The Morgan fingerprint density at radius 3 is 2.86 bits per heavy atom. The van der Waals surface area contributed by atoms with Gasteiger partial charge in [0.15, 0.2) is 0 Å². The van der Waals surface area contributed by atoms with Crippen molar-refractivity contribution in [3.63, 3.8) is 0 Å². The van der Waals surface area contributed by atoms with E-state index in [1.54, 1.807) is 0 Å². The van der Waals surface area contributed by atoms with E-state index in [1.165, 1.54) is 19.3 Å². The standard InChI is InChI=1S/C18H22O3/c1-17-10-5-8-15-18(17,21-15)12-14(9-11-17)20-16(19)13-6-3-2-4-7-13/h2-4,6-7,14-15H,5,8-12H2,1H3/t14-,15+,17-,18+/m0/s1. The number of carbonyl (C=O) groups excluding carboxylic acids is 1. The molecule has 3 heteroatoms. The molecule has 0 unspecified atom stereocenters. The highest BCUT2D eigenvalue weighted by molar-refractivity contribution is 5.89. The molecule has 1 spiro atoms. The summed E-state index contributed by atoms with van der Waals surface area (Å²) in [5.41, 5.74) is 0.941. The van der Waals surface area contributed by atoms with E-state index in [0.717, 1.165) is 19.3 Å². The summed E-state index contributed by atoms with van der Waals surface area (Å²) in [4.78, 5) is 12.2. The van der Waals surface area contributed by atoms with Crippen molar-refractivity contribution in [3.8, 4) is 0 Å². The van der Waals surface area contributed by atoms with Gasteiger partial charge < -0.3 is 9.47 Å². The molecule has 4 atom stereocenters. The van der Waals surface area contributed by atoms with Gasteiger partial charge >= 0.3 is 5.97 Å². The van der Waals surface area contributed by atoms with Crippen LogP contribution in [0.5, 0.6) is 0 Å². The Balaban J connectivity index is 1.46. The Morgan fingerprint density at radius 1 is 1.24 bits per heavy atom. The van der Waals surface area contributed by atoms with Gasteiger partial charge in [0, 0.05) is 6.42 Å². The second-order valence-corrected chi connectivity index (χ2v) is 7.09. The van der Waals surface area contributed by atoms with Crippen LogP contribution in [-0.2, 0) is 9.47 Å². The van der Waals surface area contributed by atoms with Gasteiger partial charge in [-0.15, -0.1) is 0 Å². The van der Waals surface area contributed by atoms with Gasteiger partial charge in [-0.05, 0) is 43.2 Å². The summed E-state index contributed by atoms with van der Waals surface area (Å²) in [5, 5.41) is 0. The number of hydrogen-bond acceptors (Lipinski definition) is 3. The molecular formula is C18H22O3. The molecule has 1 aromatic carbocycles. The molecule has 112 valence electrons. The molecule has 3 fully saturated rings. The van der Waals surface area contributed by atoms with Crippen LogP contribution in [0.3, 0.4) is 0 Å². The predicted octanol–water partition coefficient (Wildman–Crippen LogP) is 3.72. The molecule has 0 N–H and O–H groups in total. The van der Waals surface area contributed by atoms with Crippen LogP contribution < -0.4 is 0 Å². The van der Waals surface area contributed by atoms with Crippen LogP contribution in [0.2, 0.25) is 0 Å². The fourth-order valence-corrected chi connectivity index (χ4v) is 4.51. The van der Waals surface area contributed by atoms with Gasteiger partial charge in [0.05, 0.1) is 11.7 Å². The maximum atomic E-state index is 12.2. The van der Waals surface area contributed by atoms with Crippen LogP contribution in [0.25, 0.3) is 0 Å². The second-order valence-electron chi connectivity index (χ2n) is 7.09. The predicted molar refractivity (Wildman–Crippen MR) is 79.1 cm³/mol. The number of esters is 1. The van der Waals surface area contributed by atoms with Crippen LogP contribution in [0.4, 0.5) is 0 Å². The second kappa shape index (κ2) is 4.57. The van der Waals surface area contributed by atoms with Gasteiger partial charge in [-0.25, -0.2) is 4.79 Å². The quantitative estimate of drug-likeness (QED) is 0.614. The monoisotopic (exact) mass is 286 g/mol. The molecule has 3 nitrogen and oxygen atoms in total. The first kappa shape index (κ1) is 13.3. The Kier molecular flexibility index (Phi) is 2.90. The first-order valence-electron chi connectivity index (χ1n) is 8.07. The molecule has 0 amide bonds. The van der Waals surface area contributed by atoms with Gasteiger partial charge in [-0.1, -0.05) is 31.5 Å². The average molecular weight is 286 g/mol. The lowest BCUT2D eigenvalue weighted by Gasteiger charge is -2.45. The smallest absolute Gasteiger partial charge is 0.338 e. The zero-order chi connectivity index (χ0) is 14.5. The third-order valence-corrected chi connectivity index (χ3v) is 5.86. The Hall–Kier alpha value is -1.35. The summed E-state index contributed by atoms with van der Waals surface area (Å²) in [5.74, 6) is -0.200. The molecule has 1 aliphatic heterocycles. The van der Waals surface area contributed by atoms with Gasteiger partial charge in [0.25, 0.3) is 0 Å². The molecule has 1 aromatic rings. The molecule has 0 radical (unpaired) electrons. The van der Waals surface area contributed by atoms with E-state index < -0.39 is 0 Å². The molecule has 0 bridgehead atoms. The van der Waals surface area contributed by atoms with Crippen molar-refractivity contribution in [1.29, 1.82) is 0 Å². The average Bonchev–Trinajstić information content (AvgIpc) is 3.21. The van der Waals surface area contributed by atoms with Crippen LogP contribution in [0, 0.1) is 5.41 Å². The Labute approximate surface area is 125 Å². The molecule has 21 heavy (non-hydrogen) atoms. The van der Waals surface area contributed by atoms with E-state index in [1.807, 2.05) is 30.3 Å². The Morgan fingerprint density at radius 2 is 2.05 bits per heavy atom. The molecule has 3 aliphatic rings. The van der Waals surface area contributed by atoms with E-state index in [4.69, 9.17) is 9.47 Å². The van der Waals surface area contributed by atoms with Crippen molar-refractivity contribution < 1.29 is 14.3 Å². The van der Waals surface area contributed by atoms with Crippen LogP contribution in [0.1, 0.15) is 55.8 Å². The van der Waals surface area contributed by atoms with Crippen molar-refractivity contribution in [1.82, 2.24) is 0 Å². The summed E-state index contributed by atoms with van der Waals surface area (Å²) in [6.45, 7) is 2.36. The normalized spacial score (nSPS) is 40.8. The summed E-state index contributed by atoms with van der Waals surface area (Å²) < 4.78 is 11.8. The summed E-state index contributed by atoms with van der Waals surface area (Å²) >= 11 is 0. The number of ether oxygens (including phenoxy) is 2. The summed E-state index contributed by atoms with van der Waals surface area (Å²) in [7, 11) is 0. The van der Waals surface area contributed by atoms with Crippen molar-refractivity contribution in [3.05, 3.63) is 35.9 Å². The van der Waals surface area contributed by atoms with Crippen molar-refractivity contribution in [2.75, 3.05) is 0 Å². The summed E-state index contributed by atoms with van der Waals surface area (Å²) in [6, 6.07) is 9.27. The van der Waals surface area contributed by atoms with E-state index >= 15 is 0 Å². The zero-order valence-corrected chi connectivity index (χ0v) is 12.5. The number of epoxide rings is 1. The highest BCUT2D eigenvalue weighted by Gasteiger charge is 2.70. The van der Waals surface area contributed by atoms with Crippen LogP contribution >= 0.6 is 0 Å². The van der Waals surface area contributed by atoms with Gasteiger partial charge in [-0.2, -0.15) is 0 Å². The Bertz CT molecular complexity index is 555. The van der Waals surface area contributed by atoms with Crippen molar-refractivity contribution in [2.24, 2.45) is 5.41 Å². The maximum Gasteiger partial charge on any atom is 0.338 e. The minimum Gasteiger partial charge on any atom is -0.459 e. The number of benzene rings is 1. The number of carbonyl (C=O) groups is 1. The topological polar surface area (TPSA) is 38.8 Å². The SMILES string of the molecule is C[C@@]12CCC[C@H]3O[C@]31C[C@@H](OC(=O)c1ccccc1)CC2. The molecule has 1 saturated heterocycles. The van der Waals surface area contributed by atoms with E-state index in [2.05, 4.69) is 6.92 Å². The minimum absolute atomic E-state index is 0.00509.